The summed E-state index contributed by atoms with van der Waals surface area (Å²) in [5.74, 6) is -1.80. The lowest BCUT2D eigenvalue weighted by Gasteiger charge is -2.24. The summed E-state index contributed by atoms with van der Waals surface area (Å²) >= 11 is 0. The van der Waals surface area contributed by atoms with Gasteiger partial charge in [0.25, 0.3) is 5.91 Å². The van der Waals surface area contributed by atoms with E-state index in [9.17, 15) is 22.8 Å². The third-order valence-electron chi connectivity index (χ3n) is 4.89. The summed E-state index contributed by atoms with van der Waals surface area (Å²) in [4.78, 5) is 27.9. The first-order valence-corrected chi connectivity index (χ1v) is 9.63. The Morgan fingerprint density at radius 3 is 2.38 bits per heavy atom. The number of aromatic amines is 1. The van der Waals surface area contributed by atoms with Gasteiger partial charge in [0.1, 0.15) is 11.8 Å². The van der Waals surface area contributed by atoms with Crippen molar-refractivity contribution in [3.05, 3.63) is 60.3 Å². The van der Waals surface area contributed by atoms with Crippen molar-refractivity contribution in [1.82, 2.24) is 10.3 Å². The number of amides is 1. The van der Waals surface area contributed by atoms with E-state index in [1.807, 2.05) is 12.1 Å². The second kappa shape index (κ2) is 9.63. The van der Waals surface area contributed by atoms with E-state index in [0.717, 1.165) is 18.0 Å². The maximum absolute atomic E-state index is 13.7. The molecule has 1 amide bonds. The van der Waals surface area contributed by atoms with Crippen LogP contribution in [0.3, 0.4) is 0 Å². The number of anilines is 1. The molecule has 0 aliphatic heterocycles. The lowest BCUT2D eigenvalue weighted by Crippen LogP contribution is -2.54. The van der Waals surface area contributed by atoms with Crippen LogP contribution in [0.25, 0.3) is 10.9 Å². The molecule has 0 bridgehead atoms. The van der Waals surface area contributed by atoms with Gasteiger partial charge < -0.3 is 25.1 Å². The molecule has 3 rings (SSSR count). The van der Waals surface area contributed by atoms with Gasteiger partial charge in [-0.15, -0.1) is 0 Å². The monoisotopic (exact) mass is 449 g/mol. The number of methoxy groups -OCH3 is 2. The first-order valence-electron chi connectivity index (χ1n) is 9.63. The molecule has 0 saturated heterocycles. The topological polar surface area (TPSA) is 92.5 Å². The summed E-state index contributed by atoms with van der Waals surface area (Å²) < 4.78 is 50.6. The number of ether oxygens (including phenoxy) is 2. The number of aromatic nitrogens is 1. The Hall–Kier alpha value is -3.69. The van der Waals surface area contributed by atoms with Gasteiger partial charge in [-0.3, -0.25) is 4.79 Å². The number of hydrogen-bond donors (Lipinski definition) is 3. The van der Waals surface area contributed by atoms with Crippen molar-refractivity contribution in [3.8, 4) is 5.75 Å². The van der Waals surface area contributed by atoms with E-state index >= 15 is 0 Å². The number of rotatable bonds is 8. The Morgan fingerprint density at radius 1 is 1.06 bits per heavy atom. The van der Waals surface area contributed by atoms with Crippen molar-refractivity contribution >= 4 is 28.5 Å². The van der Waals surface area contributed by atoms with Crippen LogP contribution in [0.5, 0.6) is 5.75 Å². The van der Waals surface area contributed by atoms with E-state index in [1.54, 1.807) is 18.3 Å². The molecular formula is C22H22F3N3O4. The number of alkyl halides is 3. The van der Waals surface area contributed by atoms with E-state index in [0.29, 0.717) is 11.3 Å². The normalized spacial score (nSPS) is 13.3. The smallest absolute Gasteiger partial charge is 0.417 e. The van der Waals surface area contributed by atoms with Crippen LogP contribution in [0.2, 0.25) is 0 Å². The Kier molecular flexibility index (Phi) is 6.92. The molecule has 32 heavy (non-hydrogen) atoms. The van der Waals surface area contributed by atoms with Gasteiger partial charge >= 0.3 is 12.1 Å². The van der Waals surface area contributed by atoms with Crippen LogP contribution in [0.4, 0.5) is 18.9 Å². The highest BCUT2D eigenvalue weighted by molar-refractivity contribution is 5.91. The highest BCUT2D eigenvalue weighted by Crippen LogP contribution is 2.26. The number of H-pyrrole nitrogens is 1. The van der Waals surface area contributed by atoms with Gasteiger partial charge in [-0.25, -0.2) is 4.79 Å². The molecule has 1 aromatic heterocycles. The van der Waals surface area contributed by atoms with Crippen molar-refractivity contribution in [1.29, 1.82) is 0 Å². The maximum Gasteiger partial charge on any atom is 0.417 e. The van der Waals surface area contributed by atoms with Crippen LogP contribution in [0.1, 0.15) is 5.56 Å². The van der Waals surface area contributed by atoms with Crippen LogP contribution in [0, 0.1) is 0 Å². The number of nitrogens with one attached hydrogen (secondary N) is 3. The second-order valence-electron chi connectivity index (χ2n) is 7.00. The largest absolute Gasteiger partial charge is 0.497 e. The first-order chi connectivity index (χ1) is 15.2. The summed E-state index contributed by atoms with van der Waals surface area (Å²) in [5, 5.41) is 5.15. The van der Waals surface area contributed by atoms with Crippen molar-refractivity contribution in [2.75, 3.05) is 19.5 Å². The standard InChI is InChI=1S/C22H22F3N3O4/c1-31-15-9-7-14(8-10-15)27-19(22(23,24)25)20(29)28-18(21(30)32-2)11-13-12-26-17-6-4-3-5-16(13)17/h3-10,12,18-19,26-27H,11H2,1-2H3,(H,28,29)/t18-,19?/m0/s1. The van der Waals surface area contributed by atoms with E-state index in [4.69, 9.17) is 9.47 Å². The zero-order valence-corrected chi connectivity index (χ0v) is 17.3. The molecule has 7 nitrogen and oxygen atoms in total. The van der Waals surface area contributed by atoms with Gasteiger partial charge in [0.05, 0.1) is 14.2 Å². The van der Waals surface area contributed by atoms with E-state index in [-0.39, 0.29) is 12.1 Å². The average Bonchev–Trinajstić information content (AvgIpc) is 3.18. The number of para-hydroxylation sites is 1. The zero-order valence-electron chi connectivity index (χ0n) is 17.3. The molecule has 2 atom stereocenters. The molecule has 2 aromatic carbocycles. The highest BCUT2D eigenvalue weighted by atomic mass is 19.4. The van der Waals surface area contributed by atoms with Gasteiger partial charge in [-0.1, -0.05) is 18.2 Å². The molecule has 0 aliphatic carbocycles. The number of fused-ring (bicyclic) bond motifs is 1. The summed E-state index contributed by atoms with van der Waals surface area (Å²) in [6.07, 6.45) is -3.31. The molecule has 3 N–H and O–H groups in total. The van der Waals surface area contributed by atoms with Crippen LogP contribution in [0.15, 0.2) is 54.7 Å². The number of benzene rings is 2. The van der Waals surface area contributed by atoms with Crippen LogP contribution in [-0.2, 0) is 20.7 Å². The fraction of sp³-hybridized carbons (Fsp3) is 0.273. The third kappa shape index (κ3) is 5.32. The number of carbonyl (C=O) groups is 2. The predicted octanol–water partition coefficient (Wildman–Crippen LogP) is 3.42. The SMILES string of the molecule is COC(=O)[C@H](Cc1c[nH]c2ccccc12)NC(=O)C(Nc1ccc(OC)cc1)C(F)(F)F. The van der Waals surface area contributed by atoms with Crippen LogP contribution < -0.4 is 15.4 Å². The lowest BCUT2D eigenvalue weighted by atomic mass is 10.0. The van der Waals surface area contributed by atoms with Crippen LogP contribution >= 0.6 is 0 Å². The Labute approximate surface area is 181 Å². The number of hydrogen-bond acceptors (Lipinski definition) is 5. The maximum atomic E-state index is 13.7. The van der Waals surface area contributed by atoms with Gasteiger partial charge in [-0.2, -0.15) is 13.2 Å². The summed E-state index contributed by atoms with van der Waals surface area (Å²) in [5.41, 5.74) is 1.52. The third-order valence-corrected chi connectivity index (χ3v) is 4.89. The van der Waals surface area contributed by atoms with Crippen LogP contribution in [-0.4, -0.2) is 49.3 Å². The summed E-state index contributed by atoms with van der Waals surface area (Å²) in [6, 6.07) is 8.99. The molecule has 170 valence electrons. The Balaban J connectivity index is 1.80. The molecular weight excluding hydrogens is 427 g/mol. The predicted molar refractivity (Wildman–Crippen MR) is 112 cm³/mol. The molecule has 0 spiro atoms. The van der Waals surface area contributed by atoms with Gasteiger partial charge in [0.15, 0.2) is 0 Å². The quantitative estimate of drug-likeness (QED) is 0.459. The van der Waals surface area contributed by atoms with E-state index in [1.165, 1.54) is 31.4 Å². The van der Waals surface area contributed by atoms with Crippen molar-refractivity contribution in [2.24, 2.45) is 0 Å². The number of carbonyl (C=O) groups excluding carboxylic acids is 2. The zero-order chi connectivity index (χ0) is 23.3. The molecule has 10 heteroatoms. The fourth-order valence-electron chi connectivity index (χ4n) is 3.26. The summed E-state index contributed by atoms with van der Waals surface area (Å²) in [7, 11) is 2.53. The minimum absolute atomic E-state index is 0.0461. The van der Waals surface area contributed by atoms with Crippen molar-refractivity contribution < 1.29 is 32.2 Å². The second-order valence-corrected chi connectivity index (χ2v) is 7.00. The van der Waals surface area contributed by atoms with Gasteiger partial charge in [0.2, 0.25) is 6.04 Å². The van der Waals surface area contributed by atoms with Gasteiger partial charge in [-0.05, 0) is 35.9 Å². The highest BCUT2D eigenvalue weighted by Gasteiger charge is 2.46. The molecule has 1 heterocycles. The first kappa shape index (κ1) is 23.0. The fourth-order valence-corrected chi connectivity index (χ4v) is 3.26. The Bertz CT molecular complexity index is 1080. The molecule has 3 aromatic rings. The Morgan fingerprint density at radius 2 is 1.75 bits per heavy atom. The van der Waals surface area contributed by atoms with Crippen molar-refractivity contribution in [3.63, 3.8) is 0 Å². The minimum atomic E-state index is -4.91. The number of halogens is 3. The molecule has 1 unspecified atom stereocenters. The minimum Gasteiger partial charge on any atom is -0.497 e. The van der Waals surface area contributed by atoms with Crippen molar-refractivity contribution in [2.45, 2.75) is 24.7 Å². The average molecular weight is 449 g/mol. The molecule has 0 fully saturated rings. The molecule has 0 aliphatic rings. The molecule has 0 saturated carbocycles. The lowest BCUT2D eigenvalue weighted by molar-refractivity contribution is -0.162. The molecule has 0 radical (unpaired) electrons. The van der Waals surface area contributed by atoms with E-state index in [2.05, 4.69) is 15.6 Å². The van der Waals surface area contributed by atoms with E-state index < -0.39 is 30.1 Å². The van der Waals surface area contributed by atoms with Gasteiger partial charge in [0, 0.05) is 29.2 Å². The number of esters is 1. The summed E-state index contributed by atoms with van der Waals surface area (Å²) in [6.45, 7) is 0.